The van der Waals surface area contributed by atoms with Crippen molar-refractivity contribution in [3.05, 3.63) is 59.4 Å². The first-order valence-electron chi connectivity index (χ1n) is 5.51. The molecule has 0 spiro atoms. The van der Waals surface area contributed by atoms with Gasteiger partial charge in [0.25, 0.3) is 0 Å². The molecule has 0 atom stereocenters. The van der Waals surface area contributed by atoms with E-state index in [1.54, 1.807) is 6.07 Å². The molecule has 4 nitrogen and oxygen atoms in total. The highest BCUT2D eigenvalue weighted by Gasteiger charge is 2.03. The molecule has 98 valence electrons. The van der Waals surface area contributed by atoms with Gasteiger partial charge < -0.3 is 5.32 Å². The van der Waals surface area contributed by atoms with Gasteiger partial charge in [0.2, 0.25) is 5.96 Å². The van der Waals surface area contributed by atoms with E-state index in [1.165, 1.54) is 12.1 Å². The van der Waals surface area contributed by atoms with Crippen LogP contribution in [0.1, 0.15) is 0 Å². The number of anilines is 1. The van der Waals surface area contributed by atoms with Crippen LogP contribution >= 0.6 is 11.6 Å². The second-order valence-electron chi connectivity index (χ2n) is 3.69. The topological polar surface area (TPSA) is 62.4 Å². The Hall–Kier alpha value is -2.11. The minimum atomic E-state index is -0.477. The number of hydrazine groups is 1. The maximum Gasteiger partial charge on any atom is 0.215 e. The first kappa shape index (κ1) is 13.3. The third kappa shape index (κ3) is 3.67. The van der Waals surface area contributed by atoms with E-state index in [0.29, 0.717) is 11.6 Å². The molecular weight excluding hydrogens is 267 g/mol. The first-order valence-corrected chi connectivity index (χ1v) is 5.89. The number of guanidine groups is 1. The fourth-order valence-corrected chi connectivity index (χ4v) is 1.62. The van der Waals surface area contributed by atoms with Crippen LogP contribution in [-0.2, 0) is 0 Å². The molecule has 0 unspecified atom stereocenters. The van der Waals surface area contributed by atoms with Gasteiger partial charge in [-0.25, -0.2) is 15.2 Å². The van der Waals surface area contributed by atoms with Gasteiger partial charge in [-0.3, -0.25) is 5.43 Å². The van der Waals surface area contributed by atoms with Gasteiger partial charge in [-0.2, -0.15) is 0 Å². The molecule has 0 saturated carbocycles. The smallest absolute Gasteiger partial charge is 0.215 e. The van der Waals surface area contributed by atoms with Crippen molar-refractivity contribution in [2.45, 2.75) is 0 Å². The fourth-order valence-electron chi connectivity index (χ4n) is 1.44. The average molecular weight is 279 g/mol. The normalized spacial score (nSPS) is 11.2. The molecule has 0 fully saturated rings. The van der Waals surface area contributed by atoms with E-state index in [9.17, 15) is 4.39 Å². The predicted molar refractivity (Wildman–Crippen MR) is 75.9 cm³/mol. The molecular formula is C13H12ClFN4. The van der Waals surface area contributed by atoms with Crippen LogP contribution in [0.3, 0.4) is 0 Å². The van der Waals surface area contributed by atoms with E-state index < -0.39 is 5.82 Å². The highest BCUT2D eigenvalue weighted by atomic mass is 35.5. The Labute approximate surface area is 115 Å². The van der Waals surface area contributed by atoms with Crippen LogP contribution in [0.5, 0.6) is 0 Å². The predicted octanol–water partition coefficient (Wildman–Crippen LogP) is 3.04. The van der Waals surface area contributed by atoms with Gasteiger partial charge >= 0.3 is 0 Å². The van der Waals surface area contributed by atoms with Crippen molar-refractivity contribution < 1.29 is 4.39 Å². The van der Waals surface area contributed by atoms with E-state index in [2.05, 4.69) is 15.7 Å². The standard InChI is InChI=1S/C13H12ClFN4/c14-11-8-10(6-7-12(11)15)18-13(19-16)17-9-4-2-1-3-5-9/h1-8H,16H2,(H2,17,18,19). The van der Waals surface area contributed by atoms with Crippen molar-refractivity contribution in [1.29, 1.82) is 0 Å². The molecule has 0 aliphatic carbocycles. The minimum absolute atomic E-state index is 0.0288. The number of aliphatic imine (C=N–C) groups is 1. The van der Waals surface area contributed by atoms with Crippen LogP contribution in [0, 0.1) is 5.82 Å². The second kappa shape index (κ2) is 6.17. The van der Waals surface area contributed by atoms with Gasteiger partial charge in [-0.15, -0.1) is 0 Å². The number of hydrogen-bond donors (Lipinski definition) is 3. The van der Waals surface area contributed by atoms with E-state index in [-0.39, 0.29) is 5.02 Å². The Morgan fingerprint density at radius 2 is 1.89 bits per heavy atom. The molecule has 0 aromatic heterocycles. The summed E-state index contributed by atoms with van der Waals surface area (Å²) in [5.41, 5.74) is 3.75. The lowest BCUT2D eigenvalue weighted by Gasteiger charge is -2.09. The molecule has 4 N–H and O–H groups in total. The van der Waals surface area contributed by atoms with Crippen molar-refractivity contribution in [3.8, 4) is 0 Å². The monoisotopic (exact) mass is 278 g/mol. The van der Waals surface area contributed by atoms with E-state index in [1.807, 2.05) is 30.3 Å². The summed E-state index contributed by atoms with van der Waals surface area (Å²) in [5, 5.41) is 2.94. The summed E-state index contributed by atoms with van der Waals surface area (Å²) in [4.78, 5) is 4.26. The number of nitrogens with one attached hydrogen (secondary N) is 2. The molecule has 6 heteroatoms. The van der Waals surface area contributed by atoms with Gasteiger partial charge in [0.1, 0.15) is 5.82 Å². The molecule has 0 radical (unpaired) electrons. The van der Waals surface area contributed by atoms with Gasteiger partial charge in [0.15, 0.2) is 0 Å². The van der Waals surface area contributed by atoms with Crippen molar-refractivity contribution in [3.63, 3.8) is 0 Å². The molecule has 2 aromatic rings. The SMILES string of the molecule is NNC(=Nc1ccccc1)Nc1ccc(F)c(Cl)c1. The maximum absolute atomic E-state index is 13.0. The molecule has 0 amide bonds. The zero-order chi connectivity index (χ0) is 13.7. The van der Waals surface area contributed by atoms with Crippen LogP contribution in [-0.4, -0.2) is 5.96 Å². The van der Waals surface area contributed by atoms with E-state index in [4.69, 9.17) is 17.4 Å². The van der Waals surface area contributed by atoms with Gasteiger partial charge in [0.05, 0.1) is 10.7 Å². The third-order valence-corrected chi connectivity index (χ3v) is 2.61. The number of rotatable bonds is 2. The Morgan fingerprint density at radius 3 is 2.53 bits per heavy atom. The summed E-state index contributed by atoms with van der Waals surface area (Å²) in [5.74, 6) is 5.24. The highest BCUT2D eigenvalue weighted by molar-refractivity contribution is 6.31. The molecule has 0 aliphatic rings. The van der Waals surface area contributed by atoms with Crippen LogP contribution in [0.15, 0.2) is 53.5 Å². The summed E-state index contributed by atoms with van der Waals surface area (Å²) in [7, 11) is 0. The fraction of sp³-hybridized carbons (Fsp3) is 0. The quantitative estimate of drug-likeness (QED) is 0.342. The first-order chi connectivity index (χ1) is 9.19. The number of para-hydroxylation sites is 1. The summed E-state index contributed by atoms with van der Waals surface area (Å²) in [6.07, 6.45) is 0. The lowest BCUT2D eigenvalue weighted by atomic mass is 10.3. The number of hydrogen-bond acceptors (Lipinski definition) is 2. The Morgan fingerprint density at radius 1 is 1.16 bits per heavy atom. The van der Waals surface area contributed by atoms with Gasteiger partial charge in [-0.05, 0) is 30.3 Å². The summed E-state index contributed by atoms with van der Waals surface area (Å²) < 4.78 is 13.0. The molecule has 2 aromatic carbocycles. The summed E-state index contributed by atoms with van der Waals surface area (Å²) in [6.45, 7) is 0. The Kier molecular flexibility index (Phi) is 4.33. The zero-order valence-corrected chi connectivity index (χ0v) is 10.7. The van der Waals surface area contributed by atoms with Crippen LogP contribution in [0.4, 0.5) is 15.8 Å². The second-order valence-corrected chi connectivity index (χ2v) is 4.10. The minimum Gasteiger partial charge on any atom is -0.325 e. The van der Waals surface area contributed by atoms with Gasteiger partial charge in [0, 0.05) is 5.69 Å². The number of benzene rings is 2. The summed E-state index contributed by atoms with van der Waals surface area (Å²) in [6, 6.07) is 13.5. The largest absolute Gasteiger partial charge is 0.325 e. The summed E-state index contributed by atoms with van der Waals surface area (Å²) >= 11 is 5.69. The van der Waals surface area contributed by atoms with E-state index >= 15 is 0 Å². The molecule has 2 rings (SSSR count). The number of halogens is 2. The zero-order valence-electron chi connectivity index (χ0n) is 9.90. The molecule has 19 heavy (non-hydrogen) atoms. The van der Waals surface area contributed by atoms with Gasteiger partial charge in [-0.1, -0.05) is 29.8 Å². The Balaban J connectivity index is 2.19. The maximum atomic E-state index is 13.0. The molecule has 0 aliphatic heterocycles. The van der Waals surface area contributed by atoms with E-state index in [0.717, 1.165) is 5.69 Å². The van der Waals surface area contributed by atoms with Crippen LogP contribution < -0.4 is 16.6 Å². The highest BCUT2D eigenvalue weighted by Crippen LogP contribution is 2.19. The molecule has 0 bridgehead atoms. The van der Waals surface area contributed by atoms with Crippen molar-refractivity contribution in [2.24, 2.45) is 10.8 Å². The lowest BCUT2D eigenvalue weighted by Crippen LogP contribution is -2.35. The van der Waals surface area contributed by atoms with Crippen LogP contribution in [0.25, 0.3) is 0 Å². The van der Waals surface area contributed by atoms with Crippen molar-refractivity contribution in [1.82, 2.24) is 5.43 Å². The average Bonchev–Trinajstić information content (AvgIpc) is 2.43. The number of nitrogens with zero attached hydrogens (tertiary/aromatic N) is 1. The lowest BCUT2D eigenvalue weighted by molar-refractivity contribution is 0.628. The van der Waals surface area contributed by atoms with Crippen molar-refractivity contribution >= 4 is 28.9 Å². The van der Waals surface area contributed by atoms with Crippen LogP contribution in [0.2, 0.25) is 5.02 Å². The molecule has 0 heterocycles. The van der Waals surface area contributed by atoms with Crippen molar-refractivity contribution in [2.75, 3.05) is 5.32 Å². The molecule has 0 saturated heterocycles. The Bertz CT molecular complexity index is 586. The third-order valence-electron chi connectivity index (χ3n) is 2.32. The number of nitrogens with two attached hydrogens (primary N) is 1.